The normalized spacial score (nSPS) is 19.1. The third-order valence-corrected chi connectivity index (χ3v) is 4.59. The van der Waals surface area contributed by atoms with Crippen molar-refractivity contribution in [3.8, 4) is 0 Å². The van der Waals surface area contributed by atoms with E-state index in [1.54, 1.807) is 6.07 Å². The SMILES string of the molecule is OC1(CNCc2cc(F)ccc2Br)CCCCCC1. The molecule has 106 valence electrons. The minimum absolute atomic E-state index is 0.229. The zero-order valence-electron chi connectivity index (χ0n) is 11.1. The van der Waals surface area contributed by atoms with Crippen molar-refractivity contribution in [3.05, 3.63) is 34.1 Å². The van der Waals surface area contributed by atoms with Gasteiger partial charge >= 0.3 is 0 Å². The van der Waals surface area contributed by atoms with Crippen molar-refractivity contribution in [2.75, 3.05) is 6.54 Å². The zero-order valence-corrected chi connectivity index (χ0v) is 12.7. The van der Waals surface area contributed by atoms with Crippen molar-refractivity contribution in [2.24, 2.45) is 0 Å². The van der Waals surface area contributed by atoms with E-state index in [9.17, 15) is 9.50 Å². The fourth-order valence-corrected chi connectivity index (χ4v) is 3.06. The molecule has 0 atom stereocenters. The summed E-state index contributed by atoms with van der Waals surface area (Å²) in [6.45, 7) is 1.15. The van der Waals surface area contributed by atoms with Crippen LogP contribution in [0, 0.1) is 5.82 Å². The molecular formula is C15H21BrFNO. The van der Waals surface area contributed by atoms with Crippen LogP contribution in [-0.2, 0) is 6.54 Å². The van der Waals surface area contributed by atoms with Gasteiger partial charge in [0.2, 0.25) is 0 Å². The molecule has 0 heterocycles. The third-order valence-electron chi connectivity index (χ3n) is 3.81. The molecule has 0 bridgehead atoms. The second-order valence-corrected chi connectivity index (χ2v) is 6.33. The first kappa shape index (κ1) is 14.9. The van der Waals surface area contributed by atoms with Gasteiger partial charge in [0.05, 0.1) is 5.60 Å². The van der Waals surface area contributed by atoms with Crippen LogP contribution in [0.25, 0.3) is 0 Å². The number of aliphatic hydroxyl groups is 1. The summed E-state index contributed by atoms with van der Waals surface area (Å²) < 4.78 is 14.1. The number of nitrogens with one attached hydrogen (secondary N) is 1. The first-order valence-corrected chi connectivity index (χ1v) is 7.75. The highest BCUT2D eigenvalue weighted by atomic mass is 79.9. The highest BCUT2D eigenvalue weighted by Crippen LogP contribution is 2.26. The molecule has 0 aromatic heterocycles. The zero-order chi connectivity index (χ0) is 13.7. The van der Waals surface area contributed by atoms with Gasteiger partial charge in [-0.15, -0.1) is 0 Å². The number of benzene rings is 1. The van der Waals surface area contributed by atoms with Crippen molar-refractivity contribution in [2.45, 2.75) is 50.7 Å². The molecule has 0 aliphatic heterocycles. The summed E-state index contributed by atoms with van der Waals surface area (Å²) >= 11 is 3.41. The van der Waals surface area contributed by atoms with Gasteiger partial charge in [0, 0.05) is 17.6 Å². The Labute approximate surface area is 122 Å². The quantitative estimate of drug-likeness (QED) is 0.824. The summed E-state index contributed by atoms with van der Waals surface area (Å²) in [5.74, 6) is -0.229. The minimum Gasteiger partial charge on any atom is -0.389 e. The van der Waals surface area contributed by atoms with E-state index in [1.807, 2.05) is 0 Å². The molecule has 0 unspecified atom stereocenters. The molecule has 0 radical (unpaired) electrons. The Morgan fingerprint density at radius 3 is 2.58 bits per heavy atom. The molecule has 2 rings (SSSR count). The lowest BCUT2D eigenvalue weighted by Gasteiger charge is -2.27. The number of rotatable bonds is 4. The summed E-state index contributed by atoms with van der Waals surface area (Å²) in [4.78, 5) is 0. The van der Waals surface area contributed by atoms with Gasteiger partial charge in [0.1, 0.15) is 5.82 Å². The average molecular weight is 330 g/mol. The Balaban J connectivity index is 1.86. The van der Waals surface area contributed by atoms with E-state index in [4.69, 9.17) is 0 Å². The van der Waals surface area contributed by atoms with Crippen LogP contribution in [0.1, 0.15) is 44.1 Å². The summed E-state index contributed by atoms with van der Waals surface area (Å²) in [7, 11) is 0. The van der Waals surface area contributed by atoms with Crippen LogP contribution in [-0.4, -0.2) is 17.3 Å². The first-order valence-electron chi connectivity index (χ1n) is 6.96. The van der Waals surface area contributed by atoms with Crippen molar-refractivity contribution in [1.82, 2.24) is 5.32 Å². The van der Waals surface area contributed by atoms with Crippen molar-refractivity contribution < 1.29 is 9.50 Å². The van der Waals surface area contributed by atoms with Gasteiger partial charge < -0.3 is 10.4 Å². The first-order chi connectivity index (χ1) is 9.09. The van der Waals surface area contributed by atoms with Crippen LogP contribution in [0.4, 0.5) is 4.39 Å². The Bertz CT molecular complexity index is 417. The number of hydrogen-bond acceptors (Lipinski definition) is 2. The van der Waals surface area contributed by atoms with Crippen LogP contribution >= 0.6 is 15.9 Å². The minimum atomic E-state index is -0.587. The molecule has 19 heavy (non-hydrogen) atoms. The summed E-state index contributed by atoms with van der Waals surface area (Å²) in [5, 5.41) is 13.8. The van der Waals surface area contributed by atoms with Crippen LogP contribution in [0.5, 0.6) is 0 Å². The molecule has 0 amide bonds. The molecule has 1 aliphatic carbocycles. The topological polar surface area (TPSA) is 32.3 Å². The van der Waals surface area contributed by atoms with E-state index in [0.29, 0.717) is 13.1 Å². The van der Waals surface area contributed by atoms with Crippen LogP contribution in [0.2, 0.25) is 0 Å². The molecule has 1 aromatic rings. The molecule has 2 nitrogen and oxygen atoms in total. The van der Waals surface area contributed by atoms with Gasteiger partial charge in [-0.1, -0.05) is 41.6 Å². The van der Waals surface area contributed by atoms with Crippen molar-refractivity contribution in [1.29, 1.82) is 0 Å². The van der Waals surface area contributed by atoms with E-state index in [0.717, 1.165) is 35.7 Å². The van der Waals surface area contributed by atoms with E-state index in [2.05, 4.69) is 21.2 Å². The molecular weight excluding hydrogens is 309 g/mol. The van der Waals surface area contributed by atoms with E-state index in [-0.39, 0.29) is 5.82 Å². The van der Waals surface area contributed by atoms with Crippen LogP contribution < -0.4 is 5.32 Å². The van der Waals surface area contributed by atoms with E-state index >= 15 is 0 Å². The molecule has 4 heteroatoms. The molecule has 2 N–H and O–H groups in total. The molecule has 1 aromatic carbocycles. The Hall–Kier alpha value is -0.450. The predicted molar refractivity (Wildman–Crippen MR) is 78.5 cm³/mol. The molecule has 1 aliphatic rings. The van der Waals surface area contributed by atoms with Gasteiger partial charge in [0.25, 0.3) is 0 Å². The monoisotopic (exact) mass is 329 g/mol. The van der Waals surface area contributed by atoms with Gasteiger partial charge in [0.15, 0.2) is 0 Å². The second kappa shape index (κ2) is 6.82. The highest BCUT2D eigenvalue weighted by Gasteiger charge is 2.27. The van der Waals surface area contributed by atoms with Crippen molar-refractivity contribution >= 4 is 15.9 Å². The summed E-state index contributed by atoms with van der Waals surface area (Å²) in [5.41, 5.74) is 0.299. The maximum Gasteiger partial charge on any atom is 0.123 e. The maximum absolute atomic E-state index is 13.2. The molecule has 0 spiro atoms. The smallest absolute Gasteiger partial charge is 0.123 e. The number of halogens is 2. The molecule has 0 saturated heterocycles. The fraction of sp³-hybridized carbons (Fsp3) is 0.600. The van der Waals surface area contributed by atoms with Crippen LogP contribution in [0.3, 0.4) is 0 Å². The van der Waals surface area contributed by atoms with E-state index in [1.165, 1.54) is 25.0 Å². The van der Waals surface area contributed by atoms with Gasteiger partial charge in [-0.2, -0.15) is 0 Å². The molecule has 1 fully saturated rings. The van der Waals surface area contributed by atoms with Gasteiger partial charge in [-0.25, -0.2) is 4.39 Å². The Morgan fingerprint density at radius 2 is 1.89 bits per heavy atom. The number of hydrogen-bond donors (Lipinski definition) is 2. The fourth-order valence-electron chi connectivity index (χ4n) is 2.67. The Morgan fingerprint density at radius 1 is 1.21 bits per heavy atom. The standard InChI is InChI=1S/C15H21BrFNO/c16-14-6-5-13(17)9-12(14)10-18-11-15(19)7-3-1-2-4-8-15/h5-6,9,18-19H,1-4,7-8,10-11H2. The second-order valence-electron chi connectivity index (χ2n) is 5.48. The average Bonchev–Trinajstić information content (AvgIpc) is 2.59. The van der Waals surface area contributed by atoms with Gasteiger partial charge in [-0.3, -0.25) is 0 Å². The summed E-state index contributed by atoms with van der Waals surface area (Å²) in [6.07, 6.45) is 6.37. The molecule has 1 saturated carbocycles. The Kier molecular flexibility index (Phi) is 5.37. The van der Waals surface area contributed by atoms with Crippen LogP contribution in [0.15, 0.2) is 22.7 Å². The highest BCUT2D eigenvalue weighted by molar-refractivity contribution is 9.10. The van der Waals surface area contributed by atoms with E-state index < -0.39 is 5.60 Å². The summed E-state index contributed by atoms with van der Waals surface area (Å²) in [6, 6.07) is 4.67. The largest absolute Gasteiger partial charge is 0.389 e. The lowest BCUT2D eigenvalue weighted by molar-refractivity contribution is 0.0250. The lowest BCUT2D eigenvalue weighted by atomic mass is 9.94. The van der Waals surface area contributed by atoms with Crippen molar-refractivity contribution in [3.63, 3.8) is 0 Å². The maximum atomic E-state index is 13.2. The van der Waals surface area contributed by atoms with Gasteiger partial charge in [-0.05, 0) is 36.6 Å². The lowest BCUT2D eigenvalue weighted by Crippen LogP contribution is -2.39. The third kappa shape index (κ3) is 4.55. The predicted octanol–water partition coefficient (Wildman–Crippen LogP) is 3.76.